The van der Waals surface area contributed by atoms with E-state index in [1.807, 2.05) is 49.6 Å². The minimum Gasteiger partial charge on any atom is -1.00 e. The molecule has 3 aromatic heterocycles. The van der Waals surface area contributed by atoms with E-state index in [0.717, 1.165) is 40.0 Å². The fourth-order valence-corrected chi connectivity index (χ4v) is 4.46. The summed E-state index contributed by atoms with van der Waals surface area (Å²) < 4.78 is 38.9. The molecule has 6 rings (SSSR count). The van der Waals surface area contributed by atoms with Crippen LogP contribution in [0.5, 0.6) is 0 Å². The van der Waals surface area contributed by atoms with Crippen molar-refractivity contribution in [3.05, 3.63) is 107 Å². The van der Waals surface area contributed by atoms with Crippen LogP contribution in [0.2, 0.25) is 0 Å². The first kappa shape index (κ1) is 38.0. The number of hydrogen-bond acceptors (Lipinski definition) is 5. The largest absolute Gasteiger partial charge is 1.00 e. The molecule has 3 aromatic carbocycles. The topological polar surface area (TPSA) is 148 Å². The van der Waals surface area contributed by atoms with E-state index in [-0.39, 0.29) is 31.0 Å². The molecule has 0 amide bonds. The summed E-state index contributed by atoms with van der Waals surface area (Å²) in [5.74, 6) is 0. The summed E-state index contributed by atoms with van der Waals surface area (Å²) in [5.41, 5.74) is 8.63. The van der Waals surface area contributed by atoms with E-state index in [9.17, 15) is 12.8 Å². The first-order valence-electron chi connectivity index (χ1n) is 14.0. The Kier molecular flexibility index (Phi) is 16.0. The molecule has 0 saturated heterocycles. The Hall–Kier alpha value is -4.19. The number of benzene rings is 3. The Morgan fingerprint density at radius 3 is 2.04 bits per heavy atom. The molecular formula is C33H33ClFN6NaO3S. The molecule has 6 aromatic rings. The number of aryl methyl sites for hydroxylation is 4. The van der Waals surface area contributed by atoms with Crippen LogP contribution >= 0.6 is 10.7 Å². The van der Waals surface area contributed by atoms with E-state index in [0.29, 0.717) is 5.56 Å². The number of carbonyl (C=O) groups excluding carboxylic acids is 1. The maximum Gasteiger partial charge on any atom is 1.00 e. The molecule has 0 aliphatic rings. The summed E-state index contributed by atoms with van der Waals surface area (Å²) in [6.07, 6.45) is 6.39. The maximum absolute atomic E-state index is 9.96. The Labute approximate surface area is 297 Å². The molecule has 0 spiro atoms. The molecule has 0 bridgehead atoms. The zero-order chi connectivity index (χ0) is 34.3. The second-order valence-electron chi connectivity index (χ2n) is 9.49. The number of fused-ring (bicyclic) bond motifs is 3. The van der Waals surface area contributed by atoms with Crippen molar-refractivity contribution in [3.8, 4) is 12.1 Å². The fourth-order valence-electron chi connectivity index (χ4n) is 4.29. The summed E-state index contributed by atoms with van der Waals surface area (Å²) in [6, 6.07) is 25.0. The molecular weight excluding hydrogens is 638 g/mol. The SMILES string of the molecule is CCn1cc(C#N)c2ccc(C)cc21.Cc1ccc2c(C#N)c[nH]c2c1.Cc1ccc2cc[nH]c2c1.O=C=NS(=O)(=O)Cl.[2H]CF.[H-].[Na+]. The third-order valence-corrected chi connectivity index (χ3v) is 6.81. The van der Waals surface area contributed by atoms with Gasteiger partial charge in [0.05, 0.1) is 19.7 Å². The fraction of sp³-hybridized carbons (Fsp3) is 0.182. The quantitative estimate of drug-likeness (QED) is 0.113. The second kappa shape index (κ2) is 19.4. The number of nitriles is 2. The van der Waals surface area contributed by atoms with Gasteiger partial charge in [-0.25, -0.2) is 4.79 Å². The minimum atomic E-state index is -4.00. The van der Waals surface area contributed by atoms with Gasteiger partial charge in [-0.05, 0) is 74.0 Å². The van der Waals surface area contributed by atoms with E-state index in [2.05, 4.69) is 92.9 Å². The van der Waals surface area contributed by atoms with Gasteiger partial charge in [-0.1, -0.05) is 40.8 Å². The van der Waals surface area contributed by atoms with Gasteiger partial charge in [0, 0.05) is 63.1 Å². The number of rotatable bonds is 2. The van der Waals surface area contributed by atoms with Gasteiger partial charge in [-0.2, -0.15) is 18.9 Å². The molecule has 0 unspecified atom stereocenters. The number of H-pyrrole nitrogens is 2. The Bertz CT molecular complexity index is 2170. The third-order valence-electron chi connectivity index (χ3n) is 6.31. The van der Waals surface area contributed by atoms with Gasteiger partial charge >= 0.3 is 38.8 Å². The zero-order valence-electron chi connectivity index (χ0n) is 28.1. The third kappa shape index (κ3) is 11.6. The molecule has 0 radical (unpaired) electrons. The number of alkyl halides is 1. The van der Waals surface area contributed by atoms with Crippen molar-refractivity contribution < 1.29 is 50.0 Å². The Balaban J connectivity index is 0.000000603. The first-order chi connectivity index (χ1) is 21.9. The predicted octanol–water partition coefficient (Wildman–Crippen LogP) is 5.17. The van der Waals surface area contributed by atoms with Crippen LogP contribution in [0.25, 0.3) is 32.7 Å². The average molecular weight is 672 g/mol. The van der Waals surface area contributed by atoms with Crippen LogP contribution in [0, 0.1) is 43.4 Å². The van der Waals surface area contributed by atoms with E-state index >= 15 is 0 Å². The van der Waals surface area contributed by atoms with Crippen LogP contribution in [-0.2, 0) is 20.6 Å². The number of aromatic amines is 2. The Morgan fingerprint density at radius 2 is 1.50 bits per heavy atom. The van der Waals surface area contributed by atoms with Crippen LogP contribution in [0.15, 0.2) is 83.7 Å². The molecule has 0 aliphatic carbocycles. The van der Waals surface area contributed by atoms with Crippen molar-refractivity contribution in [3.63, 3.8) is 0 Å². The number of nitrogens with zero attached hydrogens (tertiary/aromatic N) is 4. The molecule has 0 fully saturated rings. The van der Waals surface area contributed by atoms with Gasteiger partial charge in [0.2, 0.25) is 0 Å². The minimum absolute atomic E-state index is 0. The summed E-state index contributed by atoms with van der Waals surface area (Å²) >= 11 is 0. The first-order valence-corrected chi connectivity index (χ1v) is 15.6. The number of halogens is 2. The summed E-state index contributed by atoms with van der Waals surface area (Å²) in [6.45, 7) is 9.19. The van der Waals surface area contributed by atoms with Gasteiger partial charge in [0.15, 0.2) is 0 Å². The van der Waals surface area contributed by atoms with Gasteiger partial charge in [-0.15, -0.1) is 0 Å². The second-order valence-corrected chi connectivity index (χ2v) is 11.7. The van der Waals surface area contributed by atoms with Crippen molar-refractivity contribution in [1.82, 2.24) is 14.5 Å². The molecule has 3 heterocycles. The molecule has 0 saturated carbocycles. The number of aromatic nitrogens is 3. The summed E-state index contributed by atoms with van der Waals surface area (Å²) in [4.78, 5) is 15.3. The summed E-state index contributed by atoms with van der Waals surface area (Å²) in [5, 5.41) is 21.0. The van der Waals surface area contributed by atoms with Gasteiger partial charge in [0.25, 0.3) is 6.08 Å². The standard InChI is InChI=1S/C12H12N2.C10H8N2.C9H9N.CClNO3S.CH3F.Na.H/c1-3-14-8-10(7-13)11-5-4-9(2)6-12(11)14;1-7-2-3-9-8(5-11)6-12-10(9)4-7;1-7-2-3-8-4-5-10-9(8)6-7;2-7(5,6)3-1-4;1-2;;/h4-6,8H,3H2,1-2H3;2-4,6,12H,1H3;2-6,10H,1H3;;1H3;;/q;;;;;+1;-1/i;;;;1D;;. The van der Waals surface area contributed by atoms with Crippen LogP contribution in [0.4, 0.5) is 4.39 Å². The van der Waals surface area contributed by atoms with Gasteiger partial charge < -0.3 is 16.0 Å². The zero-order valence-corrected chi connectivity index (χ0v) is 29.7. The smallest absolute Gasteiger partial charge is 1.00 e. The molecule has 0 aliphatic heterocycles. The Morgan fingerprint density at radius 1 is 0.935 bits per heavy atom. The van der Waals surface area contributed by atoms with Gasteiger partial charge in [-0.3, -0.25) is 4.39 Å². The van der Waals surface area contributed by atoms with E-state index in [1.165, 1.54) is 27.6 Å². The van der Waals surface area contributed by atoms with Crippen molar-refractivity contribution in [2.24, 2.45) is 4.40 Å². The van der Waals surface area contributed by atoms with E-state index in [4.69, 9.17) is 16.7 Å². The normalized spacial score (nSPS) is 9.96. The monoisotopic (exact) mass is 671 g/mol. The number of isocyanates is 1. The van der Waals surface area contributed by atoms with Gasteiger partial charge in [0.1, 0.15) is 12.1 Å². The maximum atomic E-state index is 9.96. The molecule has 0 atom stereocenters. The van der Waals surface area contributed by atoms with Crippen LogP contribution < -0.4 is 29.6 Å². The molecule has 9 nitrogen and oxygen atoms in total. The number of nitrogens with one attached hydrogen (secondary N) is 2. The van der Waals surface area contributed by atoms with E-state index < -0.39 is 16.4 Å². The predicted molar refractivity (Wildman–Crippen MR) is 179 cm³/mol. The van der Waals surface area contributed by atoms with E-state index in [1.54, 1.807) is 6.20 Å². The number of hydrogen-bond donors (Lipinski definition) is 2. The average Bonchev–Trinajstić information content (AvgIpc) is 3.73. The van der Waals surface area contributed by atoms with Crippen molar-refractivity contribution in [2.75, 3.05) is 7.15 Å². The van der Waals surface area contributed by atoms with Crippen LogP contribution in [0.3, 0.4) is 0 Å². The van der Waals surface area contributed by atoms with Crippen molar-refractivity contribution in [1.29, 1.82) is 10.5 Å². The van der Waals surface area contributed by atoms with Crippen LogP contribution in [-0.4, -0.2) is 36.2 Å². The summed E-state index contributed by atoms with van der Waals surface area (Å²) in [7, 11) is -0.624. The molecule has 234 valence electrons. The molecule has 2 N–H and O–H groups in total. The van der Waals surface area contributed by atoms with Crippen molar-refractivity contribution >= 4 is 58.7 Å². The molecule has 46 heavy (non-hydrogen) atoms. The molecule has 13 heteroatoms. The van der Waals surface area contributed by atoms with Crippen molar-refractivity contribution in [2.45, 2.75) is 34.2 Å². The van der Waals surface area contributed by atoms with Crippen LogP contribution in [0.1, 0.15) is 37.5 Å².